The normalized spacial score (nSPS) is 13.3. The Morgan fingerprint density at radius 3 is 2.42 bits per heavy atom. The van der Waals surface area contributed by atoms with Gasteiger partial charge in [-0.05, 0) is 24.5 Å². The number of benzene rings is 1. The van der Waals surface area contributed by atoms with Crippen molar-refractivity contribution in [3.05, 3.63) is 24.3 Å². The van der Waals surface area contributed by atoms with E-state index in [0.29, 0.717) is 12.3 Å². The van der Waals surface area contributed by atoms with E-state index in [9.17, 15) is 13.2 Å². The van der Waals surface area contributed by atoms with Gasteiger partial charge in [-0.15, -0.1) is 0 Å². The molecule has 6 heteroatoms. The van der Waals surface area contributed by atoms with Gasteiger partial charge in [0.2, 0.25) is 5.91 Å². The van der Waals surface area contributed by atoms with Gasteiger partial charge in [-0.1, -0.05) is 26.0 Å². The summed E-state index contributed by atoms with van der Waals surface area (Å²) in [6.07, 6.45) is 1.65. The summed E-state index contributed by atoms with van der Waals surface area (Å²) >= 11 is 0. The van der Waals surface area contributed by atoms with E-state index < -0.39 is 15.9 Å². The highest BCUT2D eigenvalue weighted by Gasteiger charge is 2.18. The van der Waals surface area contributed by atoms with Crippen molar-refractivity contribution < 1.29 is 13.2 Å². The van der Waals surface area contributed by atoms with E-state index in [2.05, 4.69) is 5.32 Å². The second-order valence-electron chi connectivity index (χ2n) is 4.99. The largest absolute Gasteiger partial charge is 0.324 e. The molecule has 0 unspecified atom stereocenters. The molecule has 0 bridgehead atoms. The Morgan fingerprint density at radius 1 is 1.32 bits per heavy atom. The van der Waals surface area contributed by atoms with Crippen molar-refractivity contribution in [3.8, 4) is 0 Å². The number of hydrogen-bond donors (Lipinski definition) is 2. The summed E-state index contributed by atoms with van der Waals surface area (Å²) < 4.78 is 23.2. The predicted molar refractivity (Wildman–Crippen MR) is 75.6 cm³/mol. The number of rotatable bonds is 5. The first-order valence-corrected chi connectivity index (χ1v) is 7.96. The Balaban J connectivity index is 2.92. The molecule has 0 aliphatic carbocycles. The van der Waals surface area contributed by atoms with Gasteiger partial charge in [0.25, 0.3) is 0 Å². The molecular weight excluding hydrogens is 264 g/mol. The second kappa shape index (κ2) is 6.16. The van der Waals surface area contributed by atoms with Crippen LogP contribution in [0.2, 0.25) is 0 Å². The van der Waals surface area contributed by atoms with Crippen LogP contribution in [-0.4, -0.2) is 26.6 Å². The summed E-state index contributed by atoms with van der Waals surface area (Å²) in [6, 6.07) is 5.64. The molecule has 0 fully saturated rings. The fourth-order valence-electron chi connectivity index (χ4n) is 1.73. The van der Waals surface area contributed by atoms with Gasteiger partial charge < -0.3 is 11.1 Å². The Bertz CT molecular complexity index is 553. The Morgan fingerprint density at radius 2 is 1.89 bits per heavy atom. The summed E-state index contributed by atoms with van der Waals surface area (Å²) in [5.74, 6) is -0.0734. The van der Waals surface area contributed by atoms with Crippen molar-refractivity contribution in [2.75, 3.05) is 11.6 Å². The summed E-state index contributed by atoms with van der Waals surface area (Å²) in [4.78, 5) is 12.0. The average molecular weight is 284 g/mol. The number of anilines is 1. The van der Waals surface area contributed by atoms with Gasteiger partial charge in [-0.3, -0.25) is 4.79 Å². The third kappa shape index (κ3) is 4.65. The number of sulfone groups is 1. The molecule has 0 saturated heterocycles. The number of para-hydroxylation sites is 1. The zero-order valence-electron chi connectivity index (χ0n) is 11.4. The lowest BCUT2D eigenvalue weighted by atomic mass is 10.0. The Kier molecular flexibility index (Phi) is 5.08. The van der Waals surface area contributed by atoms with Crippen LogP contribution < -0.4 is 11.1 Å². The zero-order valence-corrected chi connectivity index (χ0v) is 12.2. The predicted octanol–water partition coefficient (Wildman–Crippen LogP) is 1.40. The molecular formula is C13H20N2O3S. The van der Waals surface area contributed by atoms with Crippen LogP contribution in [-0.2, 0) is 14.6 Å². The van der Waals surface area contributed by atoms with E-state index >= 15 is 0 Å². The third-order valence-corrected chi connectivity index (χ3v) is 3.76. The quantitative estimate of drug-likeness (QED) is 0.855. The van der Waals surface area contributed by atoms with Crippen LogP contribution in [0.4, 0.5) is 5.69 Å². The molecule has 1 aromatic rings. The average Bonchev–Trinajstić information content (AvgIpc) is 2.27. The molecule has 3 N–H and O–H groups in total. The summed E-state index contributed by atoms with van der Waals surface area (Å²) in [7, 11) is -3.38. The topological polar surface area (TPSA) is 89.3 Å². The van der Waals surface area contributed by atoms with E-state index in [1.807, 2.05) is 13.8 Å². The fourth-order valence-corrected chi connectivity index (χ4v) is 2.58. The molecule has 1 atom stereocenters. The first kappa shape index (κ1) is 15.7. The molecule has 0 spiro atoms. The number of amides is 1. The van der Waals surface area contributed by atoms with E-state index in [1.165, 1.54) is 6.07 Å². The minimum atomic E-state index is -3.38. The number of nitrogens with one attached hydrogen (secondary N) is 1. The maximum atomic E-state index is 11.9. The van der Waals surface area contributed by atoms with E-state index in [-0.39, 0.29) is 16.5 Å². The number of hydrogen-bond acceptors (Lipinski definition) is 4. The lowest BCUT2D eigenvalue weighted by Crippen LogP contribution is -2.36. The zero-order chi connectivity index (χ0) is 14.6. The highest BCUT2D eigenvalue weighted by Crippen LogP contribution is 2.20. The smallest absolute Gasteiger partial charge is 0.241 e. The minimum absolute atomic E-state index is 0.0973. The fraction of sp³-hybridized carbons (Fsp3) is 0.462. The molecule has 0 heterocycles. The molecule has 0 aliphatic rings. The standard InChI is InChI=1S/C13H20N2O3S/c1-9(2)8-10(14)13(16)15-11-6-4-5-7-12(11)19(3,17)18/h4-7,9-10H,8,14H2,1-3H3,(H,15,16)/t10-/m0/s1. The molecule has 5 nitrogen and oxygen atoms in total. The van der Waals surface area contributed by atoms with Gasteiger partial charge in [0.15, 0.2) is 9.84 Å². The maximum Gasteiger partial charge on any atom is 0.241 e. The van der Waals surface area contributed by atoms with Crippen LogP contribution in [0.3, 0.4) is 0 Å². The number of carbonyl (C=O) groups excluding carboxylic acids is 1. The van der Waals surface area contributed by atoms with Crippen molar-refractivity contribution >= 4 is 21.4 Å². The van der Waals surface area contributed by atoms with Gasteiger partial charge in [-0.25, -0.2) is 8.42 Å². The van der Waals surface area contributed by atoms with E-state index in [4.69, 9.17) is 5.73 Å². The molecule has 19 heavy (non-hydrogen) atoms. The summed E-state index contributed by atoms with van der Waals surface area (Å²) in [5, 5.41) is 2.58. The van der Waals surface area contributed by atoms with Crippen molar-refractivity contribution in [2.45, 2.75) is 31.2 Å². The first-order chi connectivity index (χ1) is 8.71. The Labute approximate surface area is 114 Å². The van der Waals surface area contributed by atoms with E-state index in [0.717, 1.165) is 6.26 Å². The van der Waals surface area contributed by atoms with Gasteiger partial charge in [0.05, 0.1) is 16.6 Å². The molecule has 0 aromatic heterocycles. The van der Waals surface area contributed by atoms with Crippen LogP contribution >= 0.6 is 0 Å². The maximum absolute atomic E-state index is 11.9. The Hall–Kier alpha value is -1.40. The van der Waals surface area contributed by atoms with Gasteiger partial charge >= 0.3 is 0 Å². The van der Waals surface area contributed by atoms with E-state index in [1.54, 1.807) is 18.2 Å². The van der Waals surface area contributed by atoms with Crippen LogP contribution in [0, 0.1) is 5.92 Å². The van der Waals surface area contributed by atoms with Crippen molar-refractivity contribution in [1.82, 2.24) is 0 Å². The number of carbonyl (C=O) groups is 1. The third-order valence-electron chi connectivity index (χ3n) is 2.61. The minimum Gasteiger partial charge on any atom is -0.324 e. The van der Waals surface area contributed by atoms with Crippen LogP contribution in [0.1, 0.15) is 20.3 Å². The van der Waals surface area contributed by atoms with Crippen LogP contribution in [0.25, 0.3) is 0 Å². The lowest BCUT2D eigenvalue weighted by molar-refractivity contribution is -0.117. The monoisotopic (exact) mass is 284 g/mol. The molecule has 0 saturated carbocycles. The second-order valence-corrected chi connectivity index (χ2v) is 6.98. The molecule has 1 rings (SSSR count). The van der Waals surface area contributed by atoms with Crippen molar-refractivity contribution in [2.24, 2.45) is 11.7 Å². The SMILES string of the molecule is CC(C)C[C@H](N)C(=O)Nc1ccccc1S(C)(=O)=O. The molecule has 1 aromatic carbocycles. The van der Waals surface area contributed by atoms with Crippen molar-refractivity contribution in [3.63, 3.8) is 0 Å². The number of nitrogens with two attached hydrogens (primary N) is 1. The molecule has 1 amide bonds. The van der Waals surface area contributed by atoms with Crippen molar-refractivity contribution in [1.29, 1.82) is 0 Å². The van der Waals surface area contributed by atoms with Gasteiger partial charge in [0, 0.05) is 6.26 Å². The van der Waals surface area contributed by atoms with Crippen LogP contribution in [0.15, 0.2) is 29.2 Å². The molecule has 0 aliphatic heterocycles. The van der Waals surface area contributed by atoms with Gasteiger partial charge in [-0.2, -0.15) is 0 Å². The first-order valence-electron chi connectivity index (χ1n) is 6.07. The molecule has 0 radical (unpaired) electrons. The van der Waals surface area contributed by atoms with Gasteiger partial charge in [0.1, 0.15) is 0 Å². The summed E-state index contributed by atoms with van der Waals surface area (Å²) in [6.45, 7) is 3.94. The lowest BCUT2D eigenvalue weighted by Gasteiger charge is -2.15. The molecule has 106 valence electrons. The highest BCUT2D eigenvalue weighted by molar-refractivity contribution is 7.90. The van der Waals surface area contributed by atoms with Crippen LogP contribution in [0.5, 0.6) is 0 Å². The summed E-state index contributed by atoms with van der Waals surface area (Å²) in [5.41, 5.74) is 6.04. The highest BCUT2D eigenvalue weighted by atomic mass is 32.2.